The SMILES string of the molecule is Cc1ccc(CN(C(=O)CN(c2cc(C)ccc2C)S(=O)(=O)N(C)C)[C@H](C)C(=O)NC2CCCC2)cc1. The molecule has 0 radical (unpaired) electrons. The Morgan fingerprint density at radius 2 is 1.57 bits per heavy atom. The van der Waals surface area contributed by atoms with Crippen molar-refractivity contribution in [1.29, 1.82) is 0 Å². The fraction of sp³-hybridized carbons (Fsp3) is 0.500. The van der Waals surface area contributed by atoms with Crippen LogP contribution >= 0.6 is 0 Å². The third kappa shape index (κ3) is 7.11. The number of carbonyl (C=O) groups is 2. The molecule has 2 amide bonds. The molecule has 2 aromatic rings. The van der Waals surface area contributed by atoms with Crippen LogP contribution in [0, 0.1) is 20.8 Å². The Morgan fingerprint density at radius 3 is 2.16 bits per heavy atom. The average molecular weight is 529 g/mol. The first-order chi connectivity index (χ1) is 17.4. The Bertz CT molecular complexity index is 1210. The molecule has 0 bridgehead atoms. The lowest BCUT2D eigenvalue weighted by atomic mass is 10.1. The zero-order valence-electron chi connectivity index (χ0n) is 22.8. The van der Waals surface area contributed by atoms with Gasteiger partial charge in [-0.05, 0) is 63.3 Å². The molecule has 1 aliphatic carbocycles. The molecule has 1 saturated carbocycles. The lowest BCUT2D eigenvalue weighted by molar-refractivity contribution is -0.139. The molecular weight excluding hydrogens is 488 g/mol. The van der Waals surface area contributed by atoms with E-state index in [1.165, 1.54) is 19.0 Å². The molecular formula is C28H40N4O4S. The summed E-state index contributed by atoms with van der Waals surface area (Å²) in [5.41, 5.74) is 4.02. The van der Waals surface area contributed by atoms with E-state index in [0.717, 1.165) is 56.5 Å². The first-order valence-corrected chi connectivity index (χ1v) is 14.2. The lowest BCUT2D eigenvalue weighted by Crippen LogP contribution is -2.53. The molecule has 202 valence electrons. The molecule has 1 fully saturated rings. The van der Waals surface area contributed by atoms with Crippen molar-refractivity contribution in [3.63, 3.8) is 0 Å². The van der Waals surface area contributed by atoms with Crippen molar-refractivity contribution >= 4 is 27.7 Å². The van der Waals surface area contributed by atoms with E-state index in [0.29, 0.717) is 5.69 Å². The van der Waals surface area contributed by atoms with Crippen molar-refractivity contribution in [2.45, 2.75) is 72.0 Å². The second kappa shape index (κ2) is 12.1. The molecule has 0 unspecified atom stereocenters. The molecule has 8 nitrogen and oxygen atoms in total. The highest BCUT2D eigenvalue weighted by atomic mass is 32.2. The van der Waals surface area contributed by atoms with Gasteiger partial charge in [0, 0.05) is 26.7 Å². The van der Waals surface area contributed by atoms with Crippen molar-refractivity contribution in [3.05, 3.63) is 64.7 Å². The van der Waals surface area contributed by atoms with E-state index in [-0.39, 0.29) is 18.5 Å². The number of hydrogen-bond acceptors (Lipinski definition) is 4. The summed E-state index contributed by atoms with van der Waals surface area (Å²) in [7, 11) is -1.10. The topological polar surface area (TPSA) is 90.0 Å². The van der Waals surface area contributed by atoms with Crippen LogP contribution in [-0.4, -0.2) is 62.2 Å². The molecule has 1 N–H and O–H groups in total. The first kappa shape index (κ1) is 28.7. The fourth-order valence-corrected chi connectivity index (χ4v) is 5.67. The van der Waals surface area contributed by atoms with Crippen LogP contribution in [0.1, 0.15) is 54.9 Å². The summed E-state index contributed by atoms with van der Waals surface area (Å²) in [5, 5.41) is 3.09. The Hall–Kier alpha value is -2.91. The van der Waals surface area contributed by atoms with Gasteiger partial charge in [-0.15, -0.1) is 0 Å². The molecule has 0 aromatic heterocycles. The zero-order valence-corrected chi connectivity index (χ0v) is 23.6. The standard InChI is InChI=1S/C28H40N4O4S/c1-20-12-15-24(16-13-20)18-31(23(4)28(34)29-25-9-7-8-10-25)27(33)19-32(37(35,36)30(5)6)26-17-21(2)11-14-22(26)3/h11-17,23,25H,7-10,18-19H2,1-6H3,(H,29,34)/t23-/m1/s1. The Morgan fingerprint density at radius 1 is 0.973 bits per heavy atom. The number of carbonyl (C=O) groups excluding carboxylic acids is 2. The summed E-state index contributed by atoms with van der Waals surface area (Å²) >= 11 is 0. The van der Waals surface area contributed by atoms with Crippen LogP contribution in [0.2, 0.25) is 0 Å². The number of nitrogens with zero attached hydrogens (tertiary/aromatic N) is 3. The summed E-state index contributed by atoms with van der Waals surface area (Å²) < 4.78 is 29.0. The molecule has 0 saturated heterocycles. The van der Waals surface area contributed by atoms with Crippen LogP contribution in [0.5, 0.6) is 0 Å². The van der Waals surface area contributed by atoms with Gasteiger partial charge in [0.25, 0.3) is 0 Å². The van der Waals surface area contributed by atoms with E-state index >= 15 is 0 Å². The largest absolute Gasteiger partial charge is 0.352 e. The van der Waals surface area contributed by atoms with Gasteiger partial charge in [-0.2, -0.15) is 12.7 Å². The number of hydrogen-bond donors (Lipinski definition) is 1. The van der Waals surface area contributed by atoms with Crippen molar-refractivity contribution in [2.24, 2.45) is 0 Å². The Balaban J connectivity index is 1.95. The molecule has 1 atom stereocenters. The third-order valence-corrected chi connectivity index (χ3v) is 8.80. The van der Waals surface area contributed by atoms with Crippen molar-refractivity contribution in [2.75, 3.05) is 24.9 Å². The van der Waals surface area contributed by atoms with Crippen molar-refractivity contribution in [3.8, 4) is 0 Å². The molecule has 2 aromatic carbocycles. The quantitative estimate of drug-likeness (QED) is 0.509. The average Bonchev–Trinajstić information content (AvgIpc) is 3.36. The van der Waals surface area contributed by atoms with Gasteiger partial charge < -0.3 is 10.2 Å². The predicted molar refractivity (Wildman–Crippen MR) is 147 cm³/mol. The van der Waals surface area contributed by atoms with E-state index in [1.807, 2.05) is 57.2 Å². The van der Waals surface area contributed by atoms with Crippen molar-refractivity contribution < 1.29 is 18.0 Å². The Labute approximate surface area is 221 Å². The highest BCUT2D eigenvalue weighted by Gasteiger charge is 2.34. The summed E-state index contributed by atoms with van der Waals surface area (Å²) in [4.78, 5) is 28.6. The van der Waals surface area contributed by atoms with Gasteiger partial charge in [-0.25, -0.2) is 4.31 Å². The van der Waals surface area contributed by atoms with E-state index in [1.54, 1.807) is 13.0 Å². The number of anilines is 1. The van der Waals surface area contributed by atoms with Crippen LogP contribution in [0.15, 0.2) is 42.5 Å². The summed E-state index contributed by atoms with van der Waals surface area (Å²) in [6, 6.07) is 12.6. The van der Waals surface area contributed by atoms with Crippen LogP contribution in [-0.2, 0) is 26.3 Å². The molecule has 1 aliphatic rings. The minimum Gasteiger partial charge on any atom is -0.352 e. The lowest BCUT2D eigenvalue weighted by Gasteiger charge is -2.33. The van der Waals surface area contributed by atoms with E-state index in [9.17, 15) is 18.0 Å². The van der Waals surface area contributed by atoms with Gasteiger partial charge in [-0.3, -0.25) is 9.59 Å². The maximum absolute atomic E-state index is 13.9. The zero-order chi connectivity index (χ0) is 27.3. The van der Waals surface area contributed by atoms with Crippen molar-refractivity contribution in [1.82, 2.24) is 14.5 Å². The van der Waals surface area contributed by atoms with Gasteiger partial charge in [-0.1, -0.05) is 54.8 Å². The molecule has 37 heavy (non-hydrogen) atoms. The second-order valence-electron chi connectivity index (χ2n) is 10.3. The second-order valence-corrected chi connectivity index (χ2v) is 12.3. The number of nitrogens with one attached hydrogen (secondary N) is 1. The minimum atomic E-state index is -3.98. The normalized spacial score (nSPS) is 15.0. The monoisotopic (exact) mass is 528 g/mol. The number of amides is 2. The first-order valence-electron chi connectivity index (χ1n) is 12.8. The molecule has 3 rings (SSSR count). The van der Waals surface area contributed by atoms with Gasteiger partial charge in [0.1, 0.15) is 12.6 Å². The summed E-state index contributed by atoms with van der Waals surface area (Å²) in [5.74, 6) is -0.665. The number of rotatable bonds is 10. The molecule has 9 heteroatoms. The minimum absolute atomic E-state index is 0.117. The summed E-state index contributed by atoms with van der Waals surface area (Å²) in [6.45, 7) is 7.17. The smallest absolute Gasteiger partial charge is 0.304 e. The van der Waals surface area contributed by atoms with Gasteiger partial charge >= 0.3 is 10.2 Å². The summed E-state index contributed by atoms with van der Waals surface area (Å²) in [6.07, 6.45) is 4.04. The van der Waals surface area contributed by atoms with Crippen LogP contribution in [0.4, 0.5) is 5.69 Å². The predicted octanol–water partition coefficient (Wildman–Crippen LogP) is 3.70. The maximum atomic E-state index is 13.9. The van der Waals surface area contributed by atoms with Gasteiger partial charge in [0.15, 0.2) is 0 Å². The maximum Gasteiger partial charge on any atom is 0.304 e. The highest BCUT2D eigenvalue weighted by Crippen LogP contribution is 2.26. The van der Waals surface area contributed by atoms with E-state index < -0.39 is 28.7 Å². The number of aryl methyl sites for hydroxylation is 3. The molecule has 0 heterocycles. The third-order valence-electron chi connectivity index (χ3n) is 6.99. The Kier molecular flexibility index (Phi) is 9.36. The van der Waals surface area contributed by atoms with Crippen LogP contribution in [0.3, 0.4) is 0 Å². The number of benzene rings is 2. The molecule has 0 aliphatic heterocycles. The van der Waals surface area contributed by atoms with Crippen LogP contribution < -0.4 is 9.62 Å². The van der Waals surface area contributed by atoms with E-state index in [2.05, 4.69) is 5.32 Å². The van der Waals surface area contributed by atoms with Gasteiger partial charge in [0.05, 0.1) is 5.69 Å². The fourth-order valence-electron chi connectivity index (χ4n) is 4.55. The molecule has 0 spiro atoms. The van der Waals surface area contributed by atoms with E-state index in [4.69, 9.17) is 0 Å². The highest BCUT2D eigenvalue weighted by molar-refractivity contribution is 7.90. The van der Waals surface area contributed by atoms with Crippen LogP contribution in [0.25, 0.3) is 0 Å². The van der Waals surface area contributed by atoms with Gasteiger partial charge in [0.2, 0.25) is 11.8 Å².